The molecule has 0 atom stereocenters. The minimum Gasteiger partial charge on any atom is -0.448 e. The van der Waals surface area contributed by atoms with Gasteiger partial charge >= 0.3 is 0 Å². The highest BCUT2D eigenvalue weighted by molar-refractivity contribution is 6.14. The standard InChI is InChI=1S/C74H128N2/c1-4-7-10-12-14-16-18-20-22-24-26-28-30-32-34-36-38-40-42-44-46-48-50-52-54-56-68-59-63-70(64-60-68)73-67-72(58-9-6-3)74(76(73)75)71-65-61-69(62-66-71)57-55-53-51-49-47-45-43-41-39-37-35-33-31-29-27-25-23-21-19-17-15-13-11-8-5-2/h58-67,75H,4-57H2,1-3H3. The van der Waals surface area contributed by atoms with E-state index >= 15 is 0 Å². The van der Waals surface area contributed by atoms with E-state index in [1.807, 2.05) is 0 Å². The lowest BCUT2D eigenvalue weighted by molar-refractivity contribution is -0.347. The van der Waals surface area contributed by atoms with Crippen LogP contribution in [0.2, 0.25) is 0 Å². The average molecular weight is 1050 g/mol. The largest absolute Gasteiger partial charge is 0.448 e. The van der Waals surface area contributed by atoms with E-state index in [0.717, 1.165) is 48.2 Å². The number of allylic oxidation sites excluding steroid dienone is 3. The zero-order valence-corrected chi connectivity index (χ0v) is 51.4. The predicted octanol–water partition coefficient (Wildman–Crippen LogP) is 25.9. The molecule has 2 aromatic carbocycles. The smallest absolute Gasteiger partial charge is 0.215 e. The highest BCUT2D eigenvalue weighted by Gasteiger charge is 2.28. The zero-order chi connectivity index (χ0) is 53.9. The third kappa shape index (κ3) is 35.8. The summed E-state index contributed by atoms with van der Waals surface area (Å²) in [4.78, 5) is 0. The van der Waals surface area contributed by atoms with E-state index in [1.54, 1.807) is 4.68 Å². The van der Waals surface area contributed by atoms with Gasteiger partial charge in [-0.05, 0) is 67.5 Å². The van der Waals surface area contributed by atoms with Crippen LogP contribution in [-0.2, 0) is 12.8 Å². The molecule has 2 heteroatoms. The Morgan fingerprint density at radius 1 is 0.289 bits per heavy atom. The van der Waals surface area contributed by atoms with Crippen molar-refractivity contribution < 1.29 is 4.68 Å². The fourth-order valence-corrected chi connectivity index (χ4v) is 12.1. The lowest BCUT2D eigenvalue weighted by Gasteiger charge is -2.10. The van der Waals surface area contributed by atoms with E-state index in [9.17, 15) is 5.84 Å². The van der Waals surface area contributed by atoms with Gasteiger partial charge in [-0.1, -0.05) is 366 Å². The van der Waals surface area contributed by atoms with Crippen molar-refractivity contribution in [1.82, 2.24) is 0 Å². The molecule has 1 N–H and O–H groups in total. The van der Waals surface area contributed by atoms with Crippen LogP contribution >= 0.6 is 0 Å². The number of hydrogen-bond donors (Lipinski definition) is 0. The molecule has 434 valence electrons. The maximum absolute atomic E-state index is 9.32. The normalized spacial score (nSPS) is 13.2. The SMILES string of the molecule is CCCC=C1C=C(c2ccc(CCCCCCCCCCCCCCCCCCCCCCCCCCC)cc2)[N+]([NH-])=C1c1ccc(CCCCCCCCCCCCCCCCCCCCCCCCCCC)cc1. The summed E-state index contributed by atoms with van der Waals surface area (Å²) >= 11 is 0. The second-order valence-corrected chi connectivity index (χ2v) is 24.5. The molecule has 0 bridgehead atoms. The van der Waals surface area contributed by atoms with Crippen LogP contribution in [0.5, 0.6) is 0 Å². The maximum Gasteiger partial charge on any atom is 0.215 e. The van der Waals surface area contributed by atoms with Crippen LogP contribution in [0.25, 0.3) is 11.5 Å². The van der Waals surface area contributed by atoms with Crippen LogP contribution in [0.4, 0.5) is 0 Å². The average Bonchev–Trinajstić information content (AvgIpc) is 3.78. The Balaban J connectivity index is 1.15. The molecule has 0 saturated heterocycles. The van der Waals surface area contributed by atoms with Gasteiger partial charge in [0.15, 0.2) is 0 Å². The quantitative estimate of drug-likeness (QED) is 0.0466. The third-order valence-electron chi connectivity index (χ3n) is 17.3. The molecular weight excluding hydrogens is 917 g/mol. The number of unbranched alkanes of at least 4 members (excludes halogenated alkanes) is 49. The van der Waals surface area contributed by atoms with Crippen molar-refractivity contribution in [2.75, 3.05) is 0 Å². The second kappa shape index (κ2) is 50.6. The van der Waals surface area contributed by atoms with E-state index in [2.05, 4.69) is 81.5 Å². The van der Waals surface area contributed by atoms with Crippen molar-refractivity contribution in [1.29, 1.82) is 0 Å². The molecule has 2 aromatic rings. The van der Waals surface area contributed by atoms with Crippen molar-refractivity contribution in [3.05, 3.63) is 94.4 Å². The van der Waals surface area contributed by atoms with E-state index in [0.29, 0.717) is 0 Å². The second-order valence-electron chi connectivity index (χ2n) is 24.5. The molecule has 0 fully saturated rings. The van der Waals surface area contributed by atoms with Crippen molar-refractivity contribution in [2.45, 2.75) is 367 Å². The summed E-state index contributed by atoms with van der Waals surface area (Å²) in [6.07, 6.45) is 81.1. The summed E-state index contributed by atoms with van der Waals surface area (Å²) in [7, 11) is 0. The van der Waals surface area contributed by atoms with Crippen molar-refractivity contribution in [3.8, 4) is 0 Å². The molecule has 1 heterocycles. The van der Waals surface area contributed by atoms with E-state index in [4.69, 9.17) is 0 Å². The van der Waals surface area contributed by atoms with Gasteiger partial charge in [-0.2, -0.15) is 0 Å². The first-order valence-electron chi connectivity index (χ1n) is 34.7. The van der Waals surface area contributed by atoms with Gasteiger partial charge in [-0.15, -0.1) is 0 Å². The molecule has 0 spiro atoms. The van der Waals surface area contributed by atoms with Gasteiger partial charge in [-0.25, -0.2) is 4.68 Å². The summed E-state index contributed by atoms with van der Waals surface area (Å²) in [5.74, 6) is 9.32. The van der Waals surface area contributed by atoms with Gasteiger partial charge in [0.25, 0.3) is 0 Å². The first kappa shape index (κ1) is 67.7. The lowest BCUT2D eigenvalue weighted by atomic mass is 9.98. The molecular formula is C74H128N2. The minimum atomic E-state index is 0.994. The highest BCUT2D eigenvalue weighted by atomic mass is 15.3. The summed E-state index contributed by atoms with van der Waals surface area (Å²) in [5.41, 5.74) is 8.38. The van der Waals surface area contributed by atoms with Crippen LogP contribution in [-0.4, -0.2) is 10.4 Å². The molecule has 0 aromatic heterocycles. The molecule has 0 radical (unpaired) electrons. The van der Waals surface area contributed by atoms with E-state index in [-0.39, 0.29) is 0 Å². The van der Waals surface area contributed by atoms with Gasteiger partial charge in [-0.3, -0.25) is 0 Å². The molecule has 0 amide bonds. The van der Waals surface area contributed by atoms with Gasteiger partial charge in [0.05, 0.1) is 0 Å². The Labute approximate surface area is 475 Å². The van der Waals surface area contributed by atoms with Crippen molar-refractivity contribution in [2.24, 2.45) is 0 Å². The summed E-state index contributed by atoms with van der Waals surface area (Å²) in [5, 5.41) is 0. The Hall–Kier alpha value is -2.61. The van der Waals surface area contributed by atoms with Crippen molar-refractivity contribution >= 4 is 11.4 Å². The first-order valence-corrected chi connectivity index (χ1v) is 34.7. The fourth-order valence-electron chi connectivity index (χ4n) is 12.1. The molecule has 1 aliphatic heterocycles. The van der Waals surface area contributed by atoms with Gasteiger partial charge in [0, 0.05) is 22.8 Å². The zero-order valence-electron chi connectivity index (χ0n) is 51.4. The van der Waals surface area contributed by atoms with E-state index in [1.165, 1.54) is 338 Å². The molecule has 76 heavy (non-hydrogen) atoms. The molecule has 3 rings (SSSR count). The number of rotatable bonds is 56. The molecule has 0 saturated carbocycles. The monoisotopic (exact) mass is 1050 g/mol. The number of benzene rings is 2. The van der Waals surface area contributed by atoms with Crippen molar-refractivity contribution in [3.63, 3.8) is 0 Å². The van der Waals surface area contributed by atoms with Crippen LogP contribution in [0, 0.1) is 0 Å². The minimum absolute atomic E-state index is 0.994. The highest BCUT2D eigenvalue weighted by Crippen LogP contribution is 2.30. The summed E-state index contributed by atoms with van der Waals surface area (Å²) < 4.78 is 1.70. The third-order valence-corrected chi connectivity index (χ3v) is 17.3. The summed E-state index contributed by atoms with van der Waals surface area (Å²) in [6.45, 7) is 6.86. The fraction of sp³-hybridized carbons (Fsp3) is 0.770. The molecule has 0 unspecified atom stereocenters. The summed E-state index contributed by atoms with van der Waals surface area (Å²) in [6, 6.07) is 18.3. The van der Waals surface area contributed by atoms with Crippen LogP contribution in [0.3, 0.4) is 0 Å². The Morgan fingerprint density at radius 3 is 0.776 bits per heavy atom. The van der Waals surface area contributed by atoms with Gasteiger partial charge < -0.3 is 5.84 Å². The lowest BCUT2D eigenvalue weighted by Crippen LogP contribution is -2.11. The molecule has 1 aliphatic rings. The van der Waals surface area contributed by atoms with Gasteiger partial charge in [0.2, 0.25) is 11.4 Å². The Kier molecular flexibility index (Phi) is 45.0. The number of aryl methyl sites for hydroxylation is 2. The Morgan fingerprint density at radius 2 is 0.526 bits per heavy atom. The molecule has 0 aliphatic carbocycles. The van der Waals surface area contributed by atoms with Crippen LogP contribution in [0.15, 0.2) is 66.3 Å². The number of nitrogens with zero attached hydrogens (tertiary/aromatic N) is 1. The van der Waals surface area contributed by atoms with Crippen LogP contribution < -0.4 is 0 Å². The predicted molar refractivity (Wildman–Crippen MR) is 342 cm³/mol. The Bertz CT molecular complexity index is 1660. The topological polar surface area (TPSA) is 26.8 Å². The maximum atomic E-state index is 9.32. The number of hydrogen-bond acceptors (Lipinski definition) is 0. The number of nitrogens with one attached hydrogen (secondary N) is 1. The first-order chi connectivity index (χ1) is 37.7. The van der Waals surface area contributed by atoms with Gasteiger partial charge in [0.1, 0.15) is 0 Å². The van der Waals surface area contributed by atoms with E-state index < -0.39 is 0 Å². The molecule has 2 nitrogen and oxygen atoms in total. The van der Waals surface area contributed by atoms with Crippen LogP contribution in [0.1, 0.15) is 377 Å².